The normalized spacial score (nSPS) is 30.8. The van der Waals surface area contributed by atoms with Crippen LogP contribution < -0.4 is 0 Å². The Kier molecular flexibility index (Phi) is 3.09. The Balaban J connectivity index is 2.15. The number of benzene rings is 1. The topological polar surface area (TPSA) is 20.1 Å². The summed E-state index contributed by atoms with van der Waals surface area (Å²) in [6.45, 7) is 18.5. The van der Waals surface area contributed by atoms with Crippen LogP contribution in [0.3, 0.4) is 0 Å². The van der Waals surface area contributed by atoms with Gasteiger partial charge in [-0.3, -0.25) is 0 Å². The monoisotopic (exact) mass is 336 g/mol. The molecule has 0 fully saturated rings. The Morgan fingerprint density at radius 1 is 1.33 bits per heavy atom. The highest BCUT2D eigenvalue weighted by Gasteiger charge is 2.54. The first-order valence-electron chi connectivity index (χ1n) is 8.37. The highest BCUT2D eigenvalue weighted by atomic mass is 35.5. The van der Waals surface area contributed by atoms with Gasteiger partial charge in [0.2, 0.25) is 0 Å². The number of fused-ring (bicyclic) bond motifs is 5. The molecule has 2 nitrogen and oxygen atoms in total. The molecule has 2 aliphatic rings. The van der Waals surface area contributed by atoms with Gasteiger partial charge in [0.1, 0.15) is 0 Å². The number of nitrogens with one attached hydrogen (secondary N) is 1. The van der Waals surface area contributed by atoms with Crippen molar-refractivity contribution in [3.05, 3.63) is 65.3 Å². The molecule has 1 aromatic carbocycles. The molecule has 2 aromatic rings. The molecule has 0 bridgehead atoms. The molecule has 24 heavy (non-hydrogen) atoms. The van der Waals surface area contributed by atoms with Crippen LogP contribution in [0.4, 0.5) is 0 Å². The van der Waals surface area contributed by atoms with E-state index in [0.717, 1.165) is 17.6 Å². The Morgan fingerprint density at radius 3 is 2.71 bits per heavy atom. The molecule has 3 atom stereocenters. The first-order chi connectivity index (χ1) is 11.4. The highest BCUT2D eigenvalue weighted by molar-refractivity contribution is 6.22. The average Bonchev–Trinajstić information content (AvgIpc) is 3.04. The van der Waals surface area contributed by atoms with Crippen molar-refractivity contribution in [1.82, 2.24) is 4.98 Å². The Labute approximate surface area is 148 Å². The molecule has 0 amide bonds. The van der Waals surface area contributed by atoms with Gasteiger partial charge >= 0.3 is 0 Å². The van der Waals surface area contributed by atoms with Crippen molar-refractivity contribution in [3.8, 4) is 0 Å². The zero-order chi connectivity index (χ0) is 17.3. The van der Waals surface area contributed by atoms with Gasteiger partial charge in [-0.25, -0.2) is 4.85 Å². The zero-order valence-electron chi connectivity index (χ0n) is 14.3. The van der Waals surface area contributed by atoms with Crippen molar-refractivity contribution >= 4 is 28.1 Å². The first-order valence-corrected chi connectivity index (χ1v) is 8.81. The number of hydrogen-bond donors (Lipinski definition) is 1. The number of nitrogens with zero attached hydrogens (tertiary/aromatic N) is 1. The van der Waals surface area contributed by atoms with Crippen LogP contribution in [0.1, 0.15) is 38.4 Å². The van der Waals surface area contributed by atoms with Crippen LogP contribution in [0.25, 0.3) is 21.3 Å². The van der Waals surface area contributed by atoms with Crippen LogP contribution in [0, 0.1) is 17.9 Å². The number of hydrogen-bond acceptors (Lipinski definition) is 0. The quantitative estimate of drug-likeness (QED) is 0.379. The molecule has 1 heterocycles. The van der Waals surface area contributed by atoms with Gasteiger partial charge in [0, 0.05) is 32.8 Å². The van der Waals surface area contributed by atoms with Gasteiger partial charge in [-0.2, -0.15) is 0 Å². The van der Waals surface area contributed by atoms with Crippen molar-refractivity contribution in [2.24, 2.45) is 11.3 Å². The minimum Gasteiger partial charge on any atom is -0.357 e. The molecule has 122 valence electrons. The molecule has 0 saturated heterocycles. The van der Waals surface area contributed by atoms with Crippen LogP contribution in [0.5, 0.6) is 0 Å². The lowest BCUT2D eigenvalue weighted by Crippen LogP contribution is -2.38. The summed E-state index contributed by atoms with van der Waals surface area (Å²) in [4.78, 5) is 7.60. The summed E-state index contributed by atoms with van der Waals surface area (Å²) in [5.41, 5.74) is 5.01. The van der Waals surface area contributed by atoms with E-state index in [1.165, 1.54) is 22.2 Å². The highest BCUT2D eigenvalue weighted by Crippen LogP contribution is 2.61. The van der Waals surface area contributed by atoms with E-state index in [-0.39, 0.29) is 16.7 Å². The third-order valence-electron chi connectivity index (χ3n) is 6.23. The summed E-state index contributed by atoms with van der Waals surface area (Å²) in [7, 11) is 0. The smallest absolute Gasteiger partial charge is 0.180 e. The van der Waals surface area contributed by atoms with Gasteiger partial charge in [-0.05, 0) is 29.5 Å². The Morgan fingerprint density at radius 2 is 2.04 bits per heavy atom. The fourth-order valence-corrected chi connectivity index (χ4v) is 4.98. The summed E-state index contributed by atoms with van der Waals surface area (Å²) in [5.74, 6) is 0.267. The van der Waals surface area contributed by atoms with E-state index < -0.39 is 5.41 Å². The van der Waals surface area contributed by atoms with Crippen LogP contribution in [-0.2, 0) is 5.41 Å². The standard InChI is InChI=1S/C21H21ClN2/c1-6-21(4)15(22)11-13-17(19(21)23-5)16-12-9-7-8-10-14(12)24-18(16)20(13,2)3/h6-10,13,15,24H,1,11H2,2-4H3. The lowest BCUT2D eigenvalue weighted by Gasteiger charge is -2.42. The van der Waals surface area contributed by atoms with Crippen LogP contribution in [0.15, 0.2) is 42.6 Å². The fourth-order valence-electron chi connectivity index (χ4n) is 4.61. The summed E-state index contributed by atoms with van der Waals surface area (Å²) >= 11 is 6.76. The maximum atomic E-state index is 7.88. The number of halogens is 1. The van der Waals surface area contributed by atoms with Crippen LogP contribution in [-0.4, -0.2) is 10.4 Å². The van der Waals surface area contributed by atoms with Gasteiger partial charge in [0.25, 0.3) is 0 Å². The zero-order valence-corrected chi connectivity index (χ0v) is 15.0. The lowest BCUT2D eigenvalue weighted by molar-refractivity contribution is 0.319. The molecule has 0 radical (unpaired) electrons. The van der Waals surface area contributed by atoms with Gasteiger partial charge in [0.15, 0.2) is 5.70 Å². The predicted molar refractivity (Wildman–Crippen MR) is 101 cm³/mol. The van der Waals surface area contributed by atoms with Crippen molar-refractivity contribution in [2.75, 3.05) is 0 Å². The van der Waals surface area contributed by atoms with Crippen molar-refractivity contribution < 1.29 is 0 Å². The number of allylic oxidation sites excluding steroid dienone is 2. The van der Waals surface area contributed by atoms with Gasteiger partial charge in [-0.1, -0.05) is 45.0 Å². The predicted octanol–water partition coefficient (Wildman–Crippen LogP) is 5.91. The molecule has 1 N–H and O–H groups in total. The van der Waals surface area contributed by atoms with Gasteiger partial charge in [0.05, 0.1) is 6.57 Å². The molecule has 3 unspecified atom stereocenters. The minimum atomic E-state index is -0.481. The number of para-hydroxylation sites is 1. The molecule has 0 spiro atoms. The second-order valence-corrected chi connectivity index (χ2v) is 8.29. The second-order valence-electron chi connectivity index (χ2n) is 7.76. The van der Waals surface area contributed by atoms with Gasteiger partial charge < -0.3 is 4.98 Å². The van der Waals surface area contributed by atoms with E-state index in [4.69, 9.17) is 18.2 Å². The summed E-state index contributed by atoms with van der Waals surface area (Å²) in [6, 6.07) is 8.37. The third kappa shape index (κ3) is 1.66. The fraction of sp³-hybridized carbons (Fsp3) is 0.381. The molecule has 3 heteroatoms. The number of aromatic amines is 1. The molecular formula is C21H21ClN2. The Hall–Kier alpha value is -1.98. The second kappa shape index (κ2) is 4.77. The van der Waals surface area contributed by atoms with E-state index in [0.29, 0.717) is 0 Å². The third-order valence-corrected chi connectivity index (χ3v) is 6.87. The number of rotatable bonds is 1. The van der Waals surface area contributed by atoms with E-state index in [2.05, 4.69) is 48.5 Å². The molecule has 2 aliphatic carbocycles. The largest absolute Gasteiger partial charge is 0.357 e. The van der Waals surface area contributed by atoms with E-state index in [1.807, 2.05) is 19.1 Å². The number of H-pyrrole nitrogens is 1. The maximum Gasteiger partial charge on any atom is 0.180 e. The molecule has 0 aliphatic heterocycles. The lowest BCUT2D eigenvalue weighted by atomic mass is 9.65. The number of alkyl halides is 1. The molecular weight excluding hydrogens is 316 g/mol. The van der Waals surface area contributed by atoms with Gasteiger partial charge in [-0.15, -0.1) is 18.2 Å². The van der Waals surface area contributed by atoms with Crippen LogP contribution in [0.2, 0.25) is 0 Å². The molecule has 0 saturated carbocycles. The summed E-state index contributed by atoms with van der Waals surface area (Å²) in [5, 5.41) is 1.10. The van der Waals surface area contributed by atoms with Crippen molar-refractivity contribution in [2.45, 2.75) is 38.0 Å². The minimum absolute atomic E-state index is 0.0603. The van der Waals surface area contributed by atoms with E-state index in [9.17, 15) is 0 Å². The van der Waals surface area contributed by atoms with Crippen molar-refractivity contribution in [3.63, 3.8) is 0 Å². The number of aromatic nitrogens is 1. The average molecular weight is 337 g/mol. The summed E-state index contributed by atoms with van der Waals surface area (Å²) < 4.78 is 0. The summed E-state index contributed by atoms with van der Waals surface area (Å²) in [6.07, 6.45) is 2.73. The van der Waals surface area contributed by atoms with E-state index >= 15 is 0 Å². The SMILES string of the molecule is [C-]#[N+]C1=C2c3c([nH]c4ccccc34)C(C)(C)C2CC(Cl)C1(C)C=C. The Bertz CT molecular complexity index is 940. The van der Waals surface area contributed by atoms with Crippen molar-refractivity contribution in [1.29, 1.82) is 0 Å². The molecule has 4 rings (SSSR count). The first kappa shape index (κ1) is 15.5. The molecule has 1 aromatic heterocycles. The maximum absolute atomic E-state index is 7.88. The van der Waals surface area contributed by atoms with Crippen LogP contribution >= 0.6 is 11.6 Å². The van der Waals surface area contributed by atoms with E-state index in [1.54, 1.807) is 0 Å².